The van der Waals surface area contributed by atoms with E-state index < -0.39 is 21.9 Å². The third-order valence-corrected chi connectivity index (χ3v) is 6.24. The van der Waals surface area contributed by atoms with Gasteiger partial charge in [0.2, 0.25) is 0 Å². The third-order valence-electron chi connectivity index (χ3n) is 4.89. The Bertz CT molecular complexity index is 1060. The lowest BCUT2D eigenvalue weighted by atomic mass is 10.2. The standard InChI is InChI=1S/C23H29N3O6S/c1-4-7-14-24-21(27)16-8-11-19(12-9-16)33(30,31)26-22(28)17-10-13-20(25-15-17)23(29)32-18(5-2)6-3/h8-13,15,18H,4-7,14H2,1-3H3,(H,24,27)(H,26,28). The summed E-state index contributed by atoms with van der Waals surface area (Å²) >= 11 is 0. The Morgan fingerprint density at radius 1 is 0.939 bits per heavy atom. The van der Waals surface area contributed by atoms with Crippen LogP contribution < -0.4 is 10.0 Å². The van der Waals surface area contributed by atoms with Crippen LogP contribution in [0.5, 0.6) is 0 Å². The molecule has 1 heterocycles. The minimum Gasteiger partial charge on any atom is -0.458 e. The summed E-state index contributed by atoms with van der Waals surface area (Å²) in [5.74, 6) is -1.81. The molecule has 0 saturated heterocycles. The molecular formula is C23H29N3O6S. The van der Waals surface area contributed by atoms with Crippen molar-refractivity contribution < 1.29 is 27.5 Å². The van der Waals surface area contributed by atoms with Gasteiger partial charge in [-0.1, -0.05) is 27.2 Å². The highest BCUT2D eigenvalue weighted by Crippen LogP contribution is 2.13. The van der Waals surface area contributed by atoms with Gasteiger partial charge in [-0.05, 0) is 55.7 Å². The fourth-order valence-electron chi connectivity index (χ4n) is 2.82. The molecule has 1 aromatic heterocycles. The van der Waals surface area contributed by atoms with Gasteiger partial charge < -0.3 is 10.1 Å². The molecule has 1 aromatic carbocycles. The molecule has 0 saturated carbocycles. The van der Waals surface area contributed by atoms with E-state index in [4.69, 9.17) is 4.74 Å². The maximum Gasteiger partial charge on any atom is 0.357 e. The Morgan fingerprint density at radius 3 is 2.12 bits per heavy atom. The minimum absolute atomic E-state index is 0.0223. The Balaban J connectivity index is 2.03. The van der Waals surface area contributed by atoms with E-state index in [0.29, 0.717) is 24.9 Å². The van der Waals surface area contributed by atoms with Crippen molar-refractivity contribution in [2.75, 3.05) is 6.54 Å². The Hall–Kier alpha value is -3.27. The molecule has 0 fully saturated rings. The summed E-state index contributed by atoms with van der Waals surface area (Å²) in [6.07, 6.45) is 4.02. The number of aromatic nitrogens is 1. The van der Waals surface area contributed by atoms with Gasteiger partial charge in [-0.25, -0.2) is 22.9 Å². The second-order valence-corrected chi connectivity index (χ2v) is 9.03. The molecule has 9 nitrogen and oxygen atoms in total. The Labute approximate surface area is 194 Å². The van der Waals surface area contributed by atoms with E-state index in [2.05, 4.69) is 10.3 Å². The first-order valence-corrected chi connectivity index (χ1v) is 12.3. The molecule has 0 bridgehead atoms. The van der Waals surface area contributed by atoms with Gasteiger partial charge in [-0.2, -0.15) is 0 Å². The predicted octanol–water partition coefficient (Wildman–Crippen LogP) is 3.08. The van der Waals surface area contributed by atoms with Crippen molar-refractivity contribution in [3.63, 3.8) is 0 Å². The number of ether oxygens (including phenoxy) is 1. The monoisotopic (exact) mass is 475 g/mol. The number of nitrogens with one attached hydrogen (secondary N) is 2. The molecule has 0 radical (unpaired) electrons. The van der Waals surface area contributed by atoms with E-state index in [1.807, 2.05) is 25.5 Å². The van der Waals surface area contributed by atoms with E-state index in [9.17, 15) is 22.8 Å². The van der Waals surface area contributed by atoms with Gasteiger partial charge >= 0.3 is 5.97 Å². The number of amides is 2. The number of hydrogen-bond acceptors (Lipinski definition) is 7. The lowest BCUT2D eigenvalue weighted by Crippen LogP contribution is -2.31. The number of carbonyl (C=O) groups is 3. The summed E-state index contributed by atoms with van der Waals surface area (Å²) in [5.41, 5.74) is 0.301. The molecule has 178 valence electrons. The highest BCUT2D eigenvalue weighted by molar-refractivity contribution is 7.90. The topological polar surface area (TPSA) is 132 Å². The molecule has 2 N–H and O–H groups in total. The van der Waals surface area contributed by atoms with Crippen molar-refractivity contribution in [2.24, 2.45) is 0 Å². The average Bonchev–Trinajstić information content (AvgIpc) is 2.82. The fourth-order valence-corrected chi connectivity index (χ4v) is 3.80. The summed E-state index contributed by atoms with van der Waals surface area (Å²) in [6, 6.07) is 7.85. The van der Waals surface area contributed by atoms with Gasteiger partial charge in [0.15, 0.2) is 0 Å². The molecule has 0 aliphatic heterocycles. The number of benzene rings is 1. The molecule has 0 aliphatic carbocycles. The number of nitrogens with zero attached hydrogens (tertiary/aromatic N) is 1. The van der Waals surface area contributed by atoms with Gasteiger partial charge in [0.25, 0.3) is 21.8 Å². The van der Waals surface area contributed by atoms with Crippen molar-refractivity contribution in [1.82, 2.24) is 15.0 Å². The number of unbranched alkanes of at least 4 members (excludes halogenated alkanes) is 1. The molecule has 2 aromatic rings. The smallest absolute Gasteiger partial charge is 0.357 e. The normalized spacial score (nSPS) is 11.2. The second-order valence-electron chi connectivity index (χ2n) is 7.34. The Morgan fingerprint density at radius 2 is 1.58 bits per heavy atom. The summed E-state index contributed by atoms with van der Waals surface area (Å²) in [6.45, 7) is 6.35. The van der Waals surface area contributed by atoms with Crippen molar-refractivity contribution in [2.45, 2.75) is 57.5 Å². The number of rotatable bonds is 11. The van der Waals surface area contributed by atoms with Crippen LogP contribution in [0.4, 0.5) is 0 Å². The number of esters is 1. The van der Waals surface area contributed by atoms with Crippen LogP contribution in [0.25, 0.3) is 0 Å². The highest BCUT2D eigenvalue weighted by Gasteiger charge is 2.21. The fraction of sp³-hybridized carbons (Fsp3) is 0.391. The molecule has 2 rings (SSSR count). The van der Waals surface area contributed by atoms with Crippen LogP contribution in [-0.4, -0.2) is 43.8 Å². The summed E-state index contributed by atoms with van der Waals surface area (Å²) in [5, 5.41) is 2.74. The number of pyridine rings is 1. The van der Waals surface area contributed by atoms with Gasteiger partial charge in [0.05, 0.1) is 10.5 Å². The van der Waals surface area contributed by atoms with E-state index in [1.54, 1.807) is 0 Å². The van der Waals surface area contributed by atoms with Crippen molar-refractivity contribution in [3.05, 3.63) is 59.4 Å². The molecule has 0 unspecified atom stereocenters. The summed E-state index contributed by atoms with van der Waals surface area (Å²) in [4.78, 5) is 40.3. The van der Waals surface area contributed by atoms with Gasteiger partial charge in [-0.15, -0.1) is 0 Å². The number of sulfonamides is 1. The first kappa shape index (κ1) is 26.0. The lowest BCUT2D eigenvalue weighted by Gasteiger charge is -2.13. The SMILES string of the molecule is CCCCNC(=O)c1ccc(S(=O)(=O)NC(=O)c2ccc(C(=O)OC(CC)CC)nc2)cc1. The second kappa shape index (κ2) is 12.1. The first-order valence-electron chi connectivity index (χ1n) is 10.8. The first-order chi connectivity index (χ1) is 15.7. The summed E-state index contributed by atoms with van der Waals surface area (Å²) in [7, 11) is -4.17. The predicted molar refractivity (Wildman–Crippen MR) is 122 cm³/mol. The largest absolute Gasteiger partial charge is 0.458 e. The van der Waals surface area contributed by atoms with Crippen molar-refractivity contribution in [1.29, 1.82) is 0 Å². The maximum atomic E-state index is 12.5. The number of carbonyl (C=O) groups excluding carboxylic acids is 3. The average molecular weight is 476 g/mol. The van der Waals surface area contributed by atoms with E-state index in [-0.39, 0.29) is 28.2 Å². The molecule has 33 heavy (non-hydrogen) atoms. The molecule has 0 atom stereocenters. The van der Waals surface area contributed by atoms with Gasteiger partial charge in [0.1, 0.15) is 11.8 Å². The van der Waals surface area contributed by atoms with E-state index in [1.165, 1.54) is 36.4 Å². The highest BCUT2D eigenvalue weighted by atomic mass is 32.2. The zero-order valence-electron chi connectivity index (χ0n) is 19.0. The zero-order valence-corrected chi connectivity index (χ0v) is 19.8. The summed E-state index contributed by atoms with van der Waals surface area (Å²) < 4.78 is 32.3. The van der Waals surface area contributed by atoms with Gasteiger partial charge in [0, 0.05) is 18.3 Å². The van der Waals surface area contributed by atoms with E-state index in [0.717, 1.165) is 19.0 Å². The van der Waals surface area contributed by atoms with Crippen LogP contribution in [0.3, 0.4) is 0 Å². The lowest BCUT2D eigenvalue weighted by molar-refractivity contribution is 0.0277. The van der Waals surface area contributed by atoms with Gasteiger partial charge in [-0.3, -0.25) is 9.59 Å². The van der Waals surface area contributed by atoms with Crippen molar-refractivity contribution in [3.8, 4) is 0 Å². The van der Waals surface area contributed by atoms with Crippen molar-refractivity contribution >= 4 is 27.8 Å². The molecule has 2 amide bonds. The minimum atomic E-state index is -4.17. The van der Waals surface area contributed by atoms with Crippen LogP contribution in [0.1, 0.15) is 77.7 Å². The molecule has 10 heteroatoms. The quantitative estimate of drug-likeness (QED) is 0.377. The maximum absolute atomic E-state index is 12.5. The Kier molecular flexibility index (Phi) is 9.53. The van der Waals surface area contributed by atoms with Crippen LogP contribution in [-0.2, 0) is 14.8 Å². The number of hydrogen-bond donors (Lipinski definition) is 2. The zero-order chi connectivity index (χ0) is 24.4. The van der Waals surface area contributed by atoms with Crippen LogP contribution >= 0.6 is 0 Å². The van der Waals surface area contributed by atoms with E-state index >= 15 is 0 Å². The molecule has 0 spiro atoms. The van der Waals surface area contributed by atoms with Crippen LogP contribution in [0, 0.1) is 0 Å². The third kappa shape index (κ3) is 7.38. The van der Waals surface area contributed by atoms with Crippen LogP contribution in [0.15, 0.2) is 47.5 Å². The van der Waals surface area contributed by atoms with Crippen LogP contribution in [0.2, 0.25) is 0 Å². The molecule has 0 aliphatic rings. The molecular weight excluding hydrogens is 446 g/mol.